The summed E-state index contributed by atoms with van der Waals surface area (Å²) < 4.78 is 5.14. The molecular weight excluding hydrogens is 390 g/mol. The number of anilines is 1. The number of H-pyrrole nitrogens is 1. The van der Waals surface area contributed by atoms with E-state index in [4.69, 9.17) is 4.74 Å². The average molecular weight is 409 g/mol. The first-order chi connectivity index (χ1) is 13.9. The summed E-state index contributed by atoms with van der Waals surface area (Å²) in [6.07, 6.45) is 0. The first kappa shape index (κ1) is 20.3. The summed E-state index contributed by atoms with van der Waals surface area (Å²) in [7, 11) is 1.58. The molecule has 3 rings (SSSR count). The van der Waals surface area contributed by atoms with Crippen molar-refractivity contribution in [2.45, 2.75) is 12.1 Å². The van der Waals surface area contributed by atoms with E-state index in [1.165, 1.54) is 13.0 Å². The predicted octanol–water partition coefficient (Wildman–Crippen LogP) is 3.38. The molecule has 3 aromatic rings. The second-order valence-corrected chi connectivity index (χ2v) is 7.10. The highest BCUT2D eigenvalue weighted by Gasteiger charge is 2.10. The lowest BCUT2D eigenvalue weighted by molar-refractivity contribution is -0.114. The van der Waals surface area contributed by atoms with Gasteiger partial charge in [0, 0.05) is 29.8 Å². The molecule has 0 fully saturated rings. The number of hydrogen-bond donors (Lipinski definition) is 2. The molecule has 0 saturated heterocycles. The molecule has 1 aromatic heterocycles. The number of hydrogen-bond acceptors (Lipinski definition) is 6. The van der Waals surface area contributed by atoms with Gasteiger partial charge in [0.05, 0.1) is 18.6 Å². The Kier molecular flexibility index (Phi) is 6.46. The van der Waals surface area contributed by atoms with Crippen molar-refractivity contribution in [2.75, 3.05) is 18.2 Å². The Balaban J connectivity index is 1.70. The van der Waals surface area contributed by atoms with Crippen LogP contribution in [0.4, 0.5) is 5.69 Å². The minimum Gasteiger partial charge on any atom is -0.497 e. The fraction of sp³-hybridized carbons (Fsp3) is 0.143. The number of ether oxygens (including phenoxy) is 1. The Hall–Kier alpha value is -3.39. The largest absolute Gasteiger partial charge is 0.497 e. The van der Waals surface area contributed by atoms with E-state index in [0.29, 0.717) is 27.9 Å². The lowest BCUT2D eigenvalue weighted by Crippen LogP contribution is -2.10. The first-order valence-electron chi connectivity index (χ1n) is 8.74. The number of aromatic amines is 1. The van der Waals surface area contributed by atoms with E-state index < -0.39 is 0 Å². The zero-order valence-electron chi connectivity index (χ0n) is 15.9. The van der Waals surface area contributed by atoms with Crippen LogP contribution in [0.15, 0.2) is 64.5 Å². The van der Waals surface area contributed by atoms with Gasteiger partial charge < -0.3 is 15.0 Å². The molecule has 0 saturated carbocycles. The molecular formula is C21H19N3O4S. The third kappa shape index (κ3) is 5.55. The highest BCUT2D eigenvalue weighted by atomic mass is 32.2. The average Bonchev–Trinajstić information content (AvgIpc) is 2.72. The van der Waals surface area contributed by atoms with Gasteiger partial charge >= 0.3 is 0 Å². The molecule has 0 unspecified atom stereocenters. The molecule has 0 bridgehead atoms. The van der Waals surface area contributed by atoms with Gasteiger partial charge in [0.25, 0.3) is 5.56 Å². The summed E-state index contributed by atoms with van der Waals surface area (Å²) in [5.74, 6) is 0.547. The molecule has 1 amide bonds. The molecule has 0 radical (unpaired) electrons. The molecule has 2 aromatic carbocycles. The van der Waals surface area contributed by atoms with Crippen molar-refractivity contribution in [1.82, 2.24) is 9.97 Å². The van der Waals surface area contributed by atoms with E-state index in [2.05, 4.69) is 15.3 Å². The van der Waals surface area contributed by atoms with Crippen molar-refractivity contribution in [3.8, 4) is 17.0 Å². The van der Waals surface area contributed by atoms with Crippen molar-refractivity contribution in [1.29, 1.82) is 0 Å². The molecule has 7 nitrogen and oxygen atoms in total. The zero-order chi connectivity index (χ0) is 20.8. The number of methoxy groups -OCH3 is 1. The fourth-order valence-electron chi connectivity index (χ4n) is 2.57. The number of aromatic nitrogens is 2. The molecule has 148 valence electrons. The third-order valence-corrected chi connectivity index (χ3v) is 4.85. The summed E-state index contributed by atoms with van der Waals surface area (Å²) in [6.45, 7) is 1.42. The lowest BCUT2D eigenvalue weighted by Gasteiger charge is -2.06. The van der Waals surface area contributed by atoms with Gasteiger partial charge in [-0.05, 0) is 48.5 Å². The predicted molar refractivity (Wildman–Crippen MR) is 113 cm³/mol. The van der Waals surface area contributed by atoms with E-state index in [9.17, 15) is 14.4 Å². The minimum atomic E-state index is -0.291. The van der Waals surface area contributed by atoms with Crippen LogP contribution in [-0.4, -0.2) is 34.5 Å². The van der Waals surface area contributed by atoms with Gasteiger partial charge in [0.15, 0.2) is 10.9 Å². The Bertz CT molecular complexity index is 1080. The van der Waals surface area contributed by atoms with Crippen LogP contribution >= 0.6 is 11.8 Å². The fourth-order valence-corrected chi connectivity index (χ4v) is 3.34. The topological polar surface area (TPSA) is 101 Å². The van der Waals surface area contributed by atoms with E-state index in [1.807, 2.05) is 12.1 Å². The van der Waals surface area contributed by atoms with Crippen LogP contribution in [0.3, 0.4) is 0 Å². The summed E-state index contributed by atoms with van der Waals surface area (Å²) >= 11 is 1.16. The zero-order valence-corrected chi connectivity index (χ0v) is 16.7. The number of amides is 1. The number of nitrogens with zero attached hydrogens (tertiary/aromatic N) is 1. The maximum Gasteiger partial charge on any atom is 0.252 e. The Morgan fingerprint density at radius 1 is 1.10 bits per heavy atom. The standard InChI is InChI=1S/C21H19N3O4S/c1-13(25)22-16-7-3-15(4-8-16)19(26)12-29-21-23-18(11-20(27)24-21)14-5-9-17(28-2)10-6-14/h3-11H,12H2,1-2H3,(H,22,25)(H,23,24,27). The molecule has 0 atom stereocenters. The van der Waals surface area contributed by atoms with Crippen LogP contribution in [0.2, 0.25) is 0 Å². The van der Waals surface area contributed by atoms with Crippen molar-refractivity contribution in [2.24, 2.45) is 0 Å². The maximum absolute atomic E-state index is 12.4. The minimum absolute atomic E-state index is 0.109. The monoisotopic (exact) mass is 409 g/mol. The normalized spacial score (nSPS) is 10.4. The van der Waals surface area contributed by atoms with Gasteiger partial charge in [-0.15, -0.1) is 0 Å². The van der Waals surface area contributed by atoms with Crippen LogP contribution in [-0.2, 0) is 4.79 Å². The highest BCUT2D eigenvalue weighted by Crippen LogP contribution is 2.22. The maximum atomic E-state index is 12.4. The summed E-state index contributed by atoms with van der Waals surface area (Å²) in [6, 6.07) is 15.3. The van der Waals surface area contributed by atoms with Gasteiger partial charge in [-0.3, -0.25) is 14.4 Å². The summed E-state index contributed by atoms with van der Waals surface area (Å²) in [4.78, 5) is 42.6. The lowest BCUT2D eigenvalue weighted by atomic mass is 10.1. The van der Waals surface area contributed by atoms with E-state index in [1.54, 1.807) is 43.5 Å². The van der Waals surface area contributed by atoms with Crippen molar-refractivity contribution >= 4 is 29.1 Å². The SMILES string of the molecule is COc1ccc(-c2cc(=O)[nH]c(SCC(=O)c3ccc(NC(C)=O)cc3)n2)cc1. The summed E-state index contributed by atoms with van der Waals surface area (Å²) in [5, 5.41) is 3.02. The van der Waals surface area contributed by atoms with Crippen molar-refractivity contribution < 1.29 is 14.3 Å². The van der Waals surface area contributed by atoms with Gasteiger partial charge in [-0.1, -0.05) is 11.8 Å². The molecule has 0 aliphatic heterocycles. The van der Waals surface area contributed by atoms with Crippen LogP contribution in [0.1, 0.15) is 17.3 Å². The Morgan fingerprint density at radius 3 is 2.41 bits per heavy atom. The van der Waals surface area contributed by atoms with E-state index >= 15 is 0 Å². The molecule has 0 aliphatic rings. The second kappa shape index (κ2) is 9.20. The van der Waals surface area contributed by atoms with Gasteiger partial charge in [-0.25, -0.2) is 4.98 Å². The Morgan fingerprint density at radius 2 is 1.79 bits per heavy atom. The third-order valence-electron chi connectivity index (χ3n) is 3.97. The highest BCUT2D eigenvalue weighted by molar-refractivity contribution is 7.99. The molecule has 2 N–H and O–H groups in total. The molecule has 0 aliphatic carbocycles. The van der Waals surface area contributed by atoms with Crippen molar-refractivity contribution in [3.05, 3.63) is 70.5 Å². The molecule has 8 heteroatoms. The quantitative estimate of drug-likeness (QED) is 0.352. The number of ketones is 1. The number of thioether (sulfide) groups is 1. The van der Waals surface area contributed by atoms with Crippen molar-refractivity contribution in [3.63, 3.8) is 0 Å². The van der Waals surface area contributed by atoms with Crippen LogP contribution in [0.5, 0.6) is 5.75 Å². The number of carbonyl (C=O) groups is 2. The molecule has 1 heterocycles. The van der Waals surface area contributed by atoms with Crippen LogP contribution in [0.25, 0.3) is 11.3 Å². The van der Waals surface area contributed by atoms with Gasteiger partial charge in [-0.2, -0.15) is 0 Å². The number of rotatable bonds is 7. The van der Waals surface area contributed by atoms with Crippen LogP contribution in [0, 0.1) is 0 Å². The van der Waals surface area contributed by atoms with E-state index in [-0.39, 0.29) is 23.0 Å². The molecule has 29 heavy (non-hydrogen) atoms. The second-order valence-electron chi connectivity index (χ2n) is 6.13. The number of benzene rings is 2. The first-order valence-corrected chi connectivity index (χ1v) is 9.72. The number of carbonyl (C=O) groups excluding carboxylic acids is 2. The van der Waals surface area contributed by atoms with Gasteiger partial charge in [0.2, 0.25) is 5.91 Å². The molecule has 0 spiro atoms. The summed E-state index contributed by atoms with van der Waals surface area (Å²) in [5.41, 5.74) is 2.14. The smallest absolute Gasteiger partial charge is 0.252 e. The number of nitrogens with one attached hydrogen (secondary N) is 2. The van der Waals surface area contributed by atoms with Gasteiger partial charge in [0.1, 0.15) is 5.75 Å². The number of Topliss-reactive ketones (excluding diaryl/α,β-unsaturated/α-hetero) is 1. The Labute approximate surface area is 171 Å². The van der Waals surface area contributed by atoms with Crippen LogP contribution < -0.4 is 15.6 Å². The van der Waals surface area contributed by atoms with E-state index in [0.717, 1.165) is 17.3 Å².